The van der Waals surface area contributed by atoms with Gasteiger partial charge in [0.25, 0.3) is 0 Å². The molecule has 120 valence electrons. The number of anilines is 4. The topological polar surface area (TPSA) is 13.0 Å². The summed E-state index contributed by atoms with van der Waals surface area (Å²) in [6.45, 7) is 9.42. The van der Waals surface area contributed by atoms with Gasteiger partial charge in [0.1, 0.15) is 0 Å². The van der Waals surface area contributed by atoms with Crippen LogP contribution in [0, 0.1) is 0 Å². The van der Waals surface area contributed by atoms with Crippen LogP contribution in [0.25, 0.3) is 0 Å². The molecule has 4 nitrogen and oxygen atoms in total. The highest BCUT2D eigenvalue weighted by atomic mass is 15.5. The van der Waals surface area contributed by atoms with Crippen LogP contribution in [-0.4, -0.2) is 33.1 Å². The van der Waals surface area contributed by atoms with Crippen LogP contribution in [0.15, 0.2) is 48.5 Å². The van der Waals surface area contributed by atoms with E-state index < -0.39 is 0 Å². The molecule has 2 aliphatic heterocycles. The molecule has 0 atom stereocenters. The Balaban J connectivity index is 1.60. The second kappa shape index (κ2) is 5.69. The summed E-state index contributed by atoms with van der Waals surface area (Å²) >= 11 is 0. The molecule has 0 spiro atoms. The van der Waals surface area contributed by atoms with Gasteiger partial charge in [-0.05, 0) is 38.1 Å². The number of fused-ring (bicyclic) bond motifs is 2. The Morgan fingerprint density at radius 2 is 0.957 bits per heavy atom. The number of nitrogens with zero attached hydrogens (tertiary/aromatic N) is 4. The van der Waals surface area contributed by atoms with Gasteiger partial charge >= 0.3 is 0 Å². The Labute approximate surface area is 138 Å². The lowest BCUT2D eigenvalue weighted by atomic mass is 10.2. The minimum absolute atomic E-state index is 0.932. The Morgan fingerprint density at radius 1 is 0.609 bits per heavy atom. The first-order valence-electron chi connectivity index (χ1n) is 8.49. The van der Waals surface area contributed by atoms with Crippen molar-refractivity contribution in [3.05, 3.63) is 48.5 Å². The van der Waals surface area contributed by atoms with E-state index in [0.29, 0.717) is 0 Å². The minimum Gasteiger partial charge on any atom is -0.352 e. The average molecular weight is 308 g/mol. The molecule has 0 N–H and O–H groups in total. The second-order valence-electron chi connectivity index (χ2n) is 6.19. The Kier molecular flexibility index (Phi) is 3.52. The minimum atomic E-state index is 0.932. The summed E-state index contributed by atoms with van der Waals surface area (Å²) in [6, 6.07) is 17.5. The summed E-state index contributed by atoms with van der Waals surface area (Å²) in [7, 11) is 0. The molecule has 0 aromatic heterocycles. The number of rotatable bonds is 4. The molecule has 2 aromatic rings. The van der Waals surface area contributed by atoms with E-state index in [1.165, 1.54) is 22.7 Å². The maximum absolute atomic E-state index is 2.48. The van der Waals surface area contributed by atoms with E-state index in [4.69, 9.17) is 0 Å². The largest absolute Gasteiger partial charge is 0.352 e. The Bertz CT molecular complexity index is 640. The predicted octanol–water partition coefficient (Wildman–Crippen LogP) is 3.55. The van der Waals surface area contributed by atoms with Crippen molar-refractivity contribution in [2.24, 2.45) is 0 Å². The van der Waals surface area contributed by atoms with E-state index in [0.717, 1.165) is 33.1 Å². The van der Waals surface area contributed by atoms with Gasteiger partial charge in [0.15, 0.2) is 0 Å². The number of hydrogen-bond donors (Lipinski definition) is 0. The van der Waals surface area contributed by atoms with Crippen LogP contribution in [0.5, 0.6) is 0 Å². The van der Waals surface area contributed by atoms with Crippen molar-refractivity contribution in [2.75, 3.05) is 52.7 Å². The van der Waals surface area contributed by atoms with E-state index in [-0.39, 0.29) is 0 Å². The van der Waals surface area contributed by atoms with Gasteiger partial charge in [0, 0.05) is 13.1 Å². The fourth-order valence-corrected chi connectivity index (χ4v) is 3.70. The summed E-state index contributed by atoms with van der Waals surface area (Å²) in [4.78, 5) is 9.84. The highest BCUT2D eigenvalue weighted by molar-refractivity contribution is 5.79. The second-order valence-corrected chi connectivity index (χ2v) is 6.19. The van der Waals surface area contributed by atoms with Gasteiger partial charge in [0.2, 0.25) is 0 Å². The molecule has 0 radical (unpaired) electrons. The fraction of sp³-hybridized carbons (Fsp3) is 0.368. The molecule has 4 heteroatoms. The van der Waals surface area contributed by atoms with Crippen molar-refractivity contribution in [2.45, 2.75) is 13.8 Å². The first-order valence-corrected chi connectivity index (χ1v) is 8.49. The third-order valence-corrected chi connectivity index (χ3v) is 4.91. The van der Waals surface area contributed by atoms with Crippen molar-refractivity contribution >= 4 is 22.7 Å². The van der Waals surface area contributed by atoms with E-state index in [9.17, 15) is 0 Å². The smallest absolute Gasteiger partial charge is 0.0939 e. The molecule has 0 saturated carbocycles. The highest BCUT2D eigenvalue weighted by Gasteiger charge is 2.30. The third-order valence-electron chi connectivity index (χ3n) is 4.91. The van der Waals surface area contributed by atoms with Gasteiger partial charge in [-0.2, -0.15) is 0 Å². The van der Waals surface area contributed by atoms with Crippen LogP contribution in [0.3, 0.4) is 0 Å². The Morgan fingerprint density at radius 3 is 1.30 bits per heavy atom. The molecule has 2 heterocycles. The van der Waals surface area contributed by atoms with Crippen LogP contribution in [0.2, 0.25) is 0 Å². The summed E-state index contributed by atoms with van der Waals surface area (Å²) in [5.41, 5.74) is 5.41. The van der Waals surface area contributed by atoms with Crippen molar-refractivity contribution in [3.63, 3.8) is 0 Å². The van der Waals surface area contributed by atoms with Crippen LogP contribution < -0.4 is 19.6 Å². The molecular weight excluding hydrogens is 284 g/mol. The van der Waals surface area contributed by atoms with Gasteiger partial charge in [-0.3, -0.25) is 0 Å². The van der Waals surface area contributed by atoms with E-state index in [2.05, 4.69) is 82.0 Å². The highest BCUT2D eigenvalue weighted by Crippen LogP contribution is 2.39. The summed E-state index contributed by atoms with van der Waals surface area (Å²) in [5, 5.41) is 0. The quantitative estimate of drug-likeness (QED) is 0.856. The van der Waals surface area contributed by atoms with Crippen molar-refractivity contribution < 1.29 is 0 Å². The average Bonchev–Trinajstić information content (AvgIpc) is 3.14. The van der Waals surface area contributed by atoms with Gasteiger partial charge < -0.3 is 19.6 Å². The number of hydrogen-bond acceptors (Lipinski definition) is 4. The Hall–Kier alpha value is -2.36. The van der Waals surface area contributed by atoms with Crippen LogP contribution in [0.4, 0.5) is 22.7 Å². The lowest BCUT2D eigenvalue weighted by Gasteiger charge is -2.28. The molecule has 0 fully saturated rings. The van der Waals surface area contributed by atoms with Crippen LogP contribution in [0.1, 0.15) is 13.8 Å². The molecule has 0 aliphatic carbocycles. The van der Waals surface area contributed by atoms with Crippen LogP contribution >= 0.6 is 0 Å². The zero-order valence-corrected chi connectivity index (χ0v) is 13.9. The molecule has 2 aliphatic rings. The lowest BCUT2D eigenvalue weighted by Crippen LogP contribution is -2.41. The number of para-hydroxylation sites is 4. The monoisotopic (exact) mass is 308 g/mol. The zero-order chi connectivity index (χ0) is 15.8. The summed E-state index contributed by atoms with van der Waals surface area (Å²) in [5.74, 6) is 0. The number of benzene rings is 2. The van der Waals surface area contributed by atoms with E-state index >= 15 is 0 Å². The molecule has 0 bridgehead atoms. The SMILES string of the molecule is CCN1CN(CN2CN(CC)c3ccccc32)c2ccccc21. The maximum Gasteiger partial charge on any atom is 0.0939 e. The molecule has 0 amide bonds. The first-order chi connectivity index (χ1) is 11.3. The van der Waals surface area contributed by atoms with Gasteiger partial charge in [-0.1, -0.05) is 24.3 Å². The molecule has 4 rings (SSSR count). The van der Waals surface area contributed by atoms with E-state index in [1.54, 1.807) is 0 Å². The third kappa shape index (κ3) is 2.29. The predicted molar refractivity (Wildman–Crippen MR) is 98.5 cm³/mol. The molecular formula is C19H24N4. The van der Waals surface area contributed by atoms with Crippen molar-refractivity contribution in [1.29, 1.82) is 0 Å². The van der Waals surface area contributed by atoms with E-state index in [1.807, 2.05) is 0 Å². The summed E-state index contributed by atoms with van der Waals surface area (Å²) < 4.78 is 0. The molecule has 23 heavy (non-hydrogen) atoms. The summed E-state index contributed by atoms with van der Waals surface area (Å²) in [6.07, 6.45) is 0. The molecule has 2 aromatic carbocycles. The molecule has 0 saturated heterocycles. The normalized spacial score (nSPS) is 16.1. The van der Waals surface area contributed by atoms with Gasteiger partial charge in [-0.25, -0.2) is 0 Å². The zero-order valence-electron chi connectivity index (χ0n) is 13.9. The lowest BCUT2D eigenvalue weighted by molar-refractivity contribution is 0.720. The van der Waals surface area contributed by atoms with Crippen LogP contribution in [-0.2, 0) is 0 Å². The maximum atomic E-state index is 2.48. The molecule has 0 unspecified atom stereocenters. The van der Waals surface area contributed by atoms with Gasteiger partial charge in [-0.15, -0.1) is 0 Å². The van der Waals surface area contributed by atoms with Crippen molar-refractivity contribution in [3.8, 4) is 0 Å². The standard InChI is InChI=1S/C19H24N4/c1-3-20-13-22(18-11-7-5-9-16(18)20)15-23-14-21(4-2)17-10-6-8-12-19(17)23/h5-12H,3-4,13-15H2,1-2H3. The fourth-order valence-electron chi connectivity index (χ4n) is 3.70. The first kappa shape index (κ1) is 14.2. The van der Waals surface area contributed by atoms with Gasteiger partial charge in [0.05, 0.1) is 42.8 Å². The van der Waals surface area contributed by atoms with Crippen molar-refractivity contribution in [1.82, 2.24) is 0 Å².